The summed E-state index contributed by atoms with van der Waals surface area (Å²) in [4.78, 5) is 13.7. The van der Waals surface area contributed by atoms with Crippen LogP contribution >= 0.6 is 11.6 Å². The summed E-state index contributed by atoms with van der Waals surface area (Å²) in [5, 5.41) is 4.01. The topological polar surface area (TPSA) is 72.0 Å². The van der Waals surface area contributed by atoms with E-state index in [9.17, 15) is 4.39 Å². The standard InChI is InChI=1S/C27H33ClFN5O3/c1-33-8-5-19(16-33)34(2)9-12-36-21-14-24-26(25(15-21)37-20-6-10-35-11-7-20)27(31-17-30-24)32-18-3-4-23(29)22(28)13-18/h3-4,13-15,17,19-20H,5-12,16H2,1-2H3,(H,30,31,32). The van der Waals surface area contributed by atoms with Gasteiger partial charge in [0, 0.05) is 49.8 Å². The van der Waals surface area contributed by atoms with Crippen LogP contribution in [0.4, 0.5) is 15.9 Å². The smallest absolute Gasteiger partial charge is 0.145 e. The van der Waals surface area contributed by atoms with Crippen molar-refractivity contribution >= 4 is 34.0 Å². The number of anilines is 2. The monoisotopic (exact) mass is 529 g/mol. The number of rotatable bonds is 9. The molecule has 3 aromatic rings. The number of ether oxygens (including phenoxy) is 3. The van der Waals surface area contributed by atoms with Gasteiger partial charge in [0.15, 0.2) is 0 Å². The zero-order valence-electron chi connectivity index (χ0n) is 21.3. The zero-order chi connectivity index (χ0) is 25.8. The van der Waals surface area contributed by atoms with Crippen molar-refractivity contribution in [1.82, 2.24) is 19.8 Å². The maximum Gasteiger partial charge on any atom is 0.145 e. The molecular formula is C27H33ClFN5O3. The summed E-state index contributed by atoms with van der Waals surface area (Å²) in [7, 11) is 4.31. The Balaban J connectivity index is 1.39. The lowest BCUT2D eigenvalue weighted by atomic mass is 10.1. The van der Waals surface area contributed by atoms with E-state index in [1.54, 1.807) is 6.07 Å². The van der Waals surface area contributed by atoms with Gasteiger partial charge in [-0.05, 0) is 45.3 Å². The fourth-order valence-electron chi connectivity index (χ4n) is 4.85. The van der Waals surface area contributed by atoms with Crippen molar-refractivity contribution in [1.29, 1.82) is 0 Å². The minimum absolute atomic E-state index is 0.0195. The molecule has 0 spiro atoms. The number of nitrogens with zero attached hydrogens (tertiary/aromatic N) is 4. The molecule has 0 bridgehead atoms. The van der Waals surface area contributed by atoms with Gasteiger partial charge in [0.1, 0.15) is 42.2 Å². The van der Waals surface area contributed by atoms with Crippen LogP contribution in [0.5, 0.6) is 11.5 Å². The molecule has 2 aromatic carbocycles. The van der Waals surface area contributed by atoms with Gasteiger partial charge < -0.3 is 24.4 Å². The van der Waals surface area contributed by atoms with Gasteiger partial charge in [-0.25, -0.2) is 14.4 Å². The molecule has 1 atom stereocenters. The molecule has 5 rings (SSSR count). The highest BCUT2D eigenvalue weighted by Crippen LogP contribution is 2.37. The van der Waals surface area contributed by atoms with Crippen molar-refractivity contribution in [3.8, 4) is 11.5 Å². The lowest BCUT2D eigenvalue weighted by Gasteiger charge is -2.25. The number of halogens is 2. The van der Waals surface area contributed by atoms with Crippen molar-refractivity contribution in [3.05, 3.63) is 47.5 Å². The predicted molar refractivity (Wildman–Crippen MR) is 143 cm³/mol. The maximum absolute atomic E-state index is 13.7. The quantitative estimate of drug-likeness (QED) is 0.426. The Kier molecular flexibility index (Phi) is 8.24. The number of likely N-dealkylation sites (tertiary alicyclic amines) is 1. The van der Waals surface area contributed by atoms with Crippen molar-refractivity contribution in [2.24, 2.45) is 0 Å². The second kappa shape index (κ2) is 11.8. The third kappa shape index (κ3) is 6.41. The van der Waals surface area contributed by atoms with Crippen LogP contribution in [0.3, 0.4) is 0 Å². The van der Waals surface area contributed by atoms with Crippen molar-refractivity contribution in [2.45, 2.75) is 31.4 Å². The predicted octanol–water partition coefficient (Wildman–Crippen LogP) is 4.74. The molecule has 1 unspecified atom stereocenters. The summed E-state index contributed by atoms with van der Waals surface area (Å²) in [5.41, 5.74) is 1.31. The van der Waals surface area contributed by atoms with E-state index in [0.29, 0.717) is 54.4 Å². The van der Waals surface area contributed by atoms with Crippen LogP contribution in [0, 0.1) is 5.82 Å². The first-order valence-electron chi connectivity index (χ1n) is 12.7. The van der Waals surface area contributed by atoms with Gasteiger partial charge >= 0.3 is 0 Å². The summed E-state index contributed by atoms with van der Waals surface area (Å²) in [6.07, 6.45) is 4.29. The van der Waals surface area contributed by atoms with E-state index < -0.39 is 5.82 Å². The third-order valence-electron chi connectivity index (χ3n) is 7.02. The lowest BCUT2D eigenvalue weighted by Crippen LogP contribution is -2.36. The van der Waals surface area contributed by atoms with Crippen LogP contribution in [-0.2, 0) is 4.74 Å². The summed E-state index contributed by atoms with van der Waals surface area (Å²) < 4.78 is 31.8. The highest BCUT2D eigenvalue weighted by atomic mass is 35.5. The van der Waals surface area contributed by atoms with Gasteiger partial charge in [-0.15, -0.1) is 0 Å². The van der Waals surface area contributed by atoms with E-state index in [1.807, 2.05) is 12.1 Å². The second-order valence-electron chi connectivity index (χ2n) is 9.76. The summed E-state index contributed by atoms with van der Waals surface area (Å²) >= 11 is 5.99. The molecule has 0 amide bonds. The number of fused-ring (bicyclic) bond motifs is 1. The molecule has 0 saturated carbocycles. The van der Waals surface area contributed by atoms with E-state index in [-0.39, 0.29) is 11.1 Å². The molecule has 198 valence electrons. The second-order valence-corrected chi connectivity index (χ2v) is 10.2. The summed E-state index contributed by atoms with van der Waals surface area (Å²) in [6.45, 7) is 4.93. The van der Waals surface area contributed by atoms with E-state index in [2.05, 4.69) is 39.2 Å². The molecule has 0 aliphatic carbocycles. The molecule has 10 heteroatoms. The van der Waals surface area contributed by atoms with Gasteiger partial charge in [-0.2, -0.15) is 0 Å². The number of hydrogen-bond acceptors (Lipinski definition) is 8. The van der Waals surface area contributed by atoms with Gasteiger partial charge in [0.05, 0.1) is 29.1 Å². The van der Waals surface area contributed by atoms with Crippen molar-refractivity contribution in [3.63, 3.8) is 0 Å². The molecule has 1 N–H and O–H groups in total. The van der Waals surface area contributed by atoms with Crippen molar-refractivity contribution in [2.75, 3.05) is 58.9 Å². The van der Waals surface area contributed by atoms with Gasteiger partial charge in [0.25, 0.3) is 0 Å². The molecule has 2 aliphatic rings. The molecule has 8 nitrogen and oxygen atoms in total. The SMILES string of the molecule is CN1CCC(N(C)CCOc2cc(OC3CCOCC3)c3c(Nc4ccc(F)c(Cl)c4)ncnc3c2)C1. The van der Waals surface area contributed by atoms with E-state index in [1.165, 1.54) is 24.9 Å². The van der Waals surface area contributed by atoms with Crippen LogP contribution in [0.2, 0.25) is 5.02 Å². The third-order valence-corrected chi connectivity index (χ3v) is 7.31. The number of benzene rings is 2. The highest BCUT2D eigenvalue weighted by molar-refractivity contribution is 6.31. The normalized spacial score (nSPS) is 19.0. The summed E-state index contributed by atoms with van der Waals surface area (Å²) in [5.74, 6) is 1.41. The van der Waals surface area contributed by atoms with Crippen LogP contribution in [0.15, 0.2) is 36.7 Å². The van der Waals surface area contributed by atoms with E-state index >= 15 is 0 Å². The van der Waals surface area contributed by atoms with Gasteiger partial charge in [-0.3, -0.25) is 4.90 Å². The Morgan fingerprint density at radius 1 is 1.19 bits per heavy atom. The lowest BCUT2D eigenvalue weighted by molar-refractivity contribution is 0.0261. The van der Waals surface area contributed by atoms with Crippen molar-refractivity contribution < 1.29 is 18.6 Å². The Bertz CT molecular complexity index is 1230. The molecule has 37 heavy (non-hydrogen) atoms. The Morgan fingerprint density at radius 2 is 2.03 bits per heavy atom. The van der Waals surface area contributed by atoms with Gasteiger partial charge in [-0.1, -0.05) is 11.6 Å². The fourth-order valence-corrected chi connectivity index (χ4v) is 5.03. The average molecular weight is 530 g/mol. The molecular weight excluding hydrogens is 497 g/mol. The molecule has 0 radical (unpaired) electrons. The minimum Gasteiger partial charge on any atom is -0.492 e. The van der Waals surface area contributed by atoms with Crippen LogP contribution in [0.1, 0.15) is 19.3 Å². The van der Waals surface area contributed by atoms with Gasteiger partial charge in [0.2, 0.25) is 0 Å². The fraction of sp³-hybridized carbons (Fsp3) is 0.481. The minimum atomic E-state index is -0.476. The van der Waals surface area contributed by atoms with E-state index in [4.69, 9.17) is 25.8 Å². The largest absolute Gasteiger partial charge is 0.492 e. The first-order valence-corrected chi connectivity index (χ1v) is 13.1. The molecule has 2 saturated heterocycles. The Labute approximate surface area is 221 Å². The Hall–Kier alpha value is -2.72. The number of nitrogens with one attached hydrogen (secondary N) is 1. The summed E-state index contributed by atoms with van der Waals surface area (Å²) in [6, 6.07) is 8.83. The molecule has 2 fully saturated rings. The number of likely N-dealkylation sites (N-methyl/N-ethyl adjacent to an activating group) is 2. The average Bonchev–Trinajstić information content (AvgIpc) is 3.33. The molecule has 2 aliphatic heterocycles. The first-order chi connectivity index (χ1) is 18.0. The highest BCUT2D eigenvalue weighted by Gasteiger charge is 2.23. The number of hydrogen-bond donors (Lipinski definition) is 1. The molecule has 1 aromatic heterocycles. The maximum atomic E-state index is 13.7. The van der Waals surface area contributed by atoms with Crippen LogP contribution in [-0.4, -0.2) is 85.5 Å². The van der Waals surface area contributed by atoms with E-state index in [0.717, 1.165) is 37.9 Å². The molecule has 3 heterocycles. The zero-order valence-corrected chi connectivity index (χ0v) is 22.0. The van der Waals surface area contributed by atoms with Crippen LogP contribution in [0.25, 0.3) is 10.9 Å². The Morgan fingerprint density at radius 3 is 2.78 bits per heavy atom. The number of aromatic nitrogens is 2. The van der Waals surface area contributed by atoms with Crippen LogP contribution < -0.4 is 14.8 Å². The first kappa shape index (κ1) is 25.9.